The van der Waals surface area contributed by atoms with Gasteiger partial charge >= 0.3 is 0 Å². The molecule has 1 aliphatic rings. The maximum atomic E-state index is 11.6. The third-order valence-electron chi connectivity index (χ3n) is 2.52. The largest absolute Gasteiger partial charge is 0.393 e. The lowest BCUT2D eigenvalue weighted by atomic mass is 10.1. The first-order valence-corrected chi connectivity index (χ1v) is 5.32. The Morgan fingerprint density at radius 3 is 3.13 bits per heavy atom. The van der Waals surface area contributed by atoms with E-state index in [1.165, 1.54) is 6.34 Å². The maximum Gasteiger partial charge on any atom is 0.225 e. The maximum absolute atomic E-state index is 11.6. The number of nitrogens with zero attached hydrogens (tertiary/aromatic N) is 2. The highest BCUT2D eigenvalue weighted by molar-refractivity contribution is 5.76. The van der Waals surface area contributed by atoms with Gasteiger partial charge in [0.05, 0.1) is 24.9 Å². The molecule has 1 amide bonds. The van der Waals surface area contributed by atoms with Crippen LogP contribution in [-0.4, -0.2) is 47.5 Å². The van der Waals surface area contributed by atoms with Crippen LogP contribution < -0.4 is 5.73 Å². The number of likely N-dealkylation sites (tertiary alicyclic amines) is 1. The zero-order chi connectivity index (χ0) is 11.3. The number of aliphatic hydroxyl groups is 1. The van der Waals surface area contributed by atoms with Crippen LogP contribution in [0.1, 0.15) is 26.2 Å². The summed E-state index contributed by atoms with van der Waals surface area (Å²) >= 11 is 0. The SMILES string of the molecule is CC(O)CC(=O)N1CCCC(N=CN)C1. The van der Waals surface area contributed by atoms with Gasteiger partial charge in [-0.2, -0.15) is 0 Å². The van der Waals surface area contributed by atoms with E-state index in [1.54, 1.807) is 11.8 Å². The number of carbonyl (C=O) groups is 1. The Hall–Kier alpha value is -1.10. The summed E-state index contributed by atoms with van der Waals surface area (Å²) in [5.74, 6) is 0.00178. The summed E-state index contributed by atoms with van der Waals surface area (Å²) < 4.78 is 0. The fraction of sp³-hybridized carbons (Fsp3) is 0.800. The van der Waals surface area contributed by atoms with E-state index >= 15 is 0 Å². The number of piperidine rings is 1. The Morgan fingerprint density at radius 1 is 1.80 bits per heavy atom. The van der Waals surface area contributed by atoms with E-state index in [0.717, 1.165) is 19.4 Å². The number of aliphatic imine (C=N–C) groups is 1. The molecule has 1 heterocycles. The molecule has 5 nitrogen and oxygen atoms in total. The molecule has 0 bridgehead atoms. The van der Waals surface area contributed by atoms with Crippen molar-refractivity contribution in [3.05, 3.63) is 0 Å². The number of hydrogen-bond donors (Lipinski definition) is 2. The summed E-state index contributed by atoms with van der Waals surface area (Å²) in [6.07, 6.45) is 2.85. The molecule has 15 heavy (non-hydrogen) atoms. The predicted octanol–water partition coefficient (Wildman–Crippen LogP) is -0.265. The van der Waals surface area contributed by atoms with E-state index in [2.05, 4.69) is 4.99 Å². The highest BCUT2D eigenvalue weighted by atomic mass is 16.3. The van der Waals surface area contributed by atoms with Crippen molar-refractivity contribution in [1.82, 2.24) is 4.90 Å². The van der Waals surface area contributed by atoms with Gasteiger partial charge in [0.1, 0.15) is 0 Å². The second-order valence-corrected chi connectivity index (χ2v) is 3.99. The number of amides is 1. The molecule has 0 radical (unpaired) electrons. The van der Waals surface area contributed by atoms with Crippen LogP contribution in [0.2, 0.25) is 0 Å². The Labute approximate surface area is 90.0 Å². The van der Waals surface area contributed by atoms with E-state index in [-0.39, 0.29) is 18.4 Å². The number of carbonyl (C=O) groups excluding carboxylic acids is 1. The lowest BCUT2D eigenvalue weighted by Gasteiger charge is -2.31. The van der Waals surface area contributed by atoms with Crippen molar-refractivity contribution < 1.29 is 9.90 Å². The van der Waals surface area contributed by atoms with Gasteiger partial charge in [-0.05, 0) is 19.8 Å². The van der Waals surface area contributed by atoms with Gasteiger partial charge in [0.15, 0.2) is 0 Å². The fourth-order valence-corrected chi connectivity index (χ4v) is 1.81. The molecule has 1 rings (SSSR count). The minimum absolute atomic E-state index is 0.00178. The molecule has 0 saturated carbocycles. The van der Waals surface area contributed by atoms with Crippen LogP contribution in [0, 0.1) is 0 Å². The number of aliphatic hydroxyl groups excluding tert-OH is 1. The molecule has 1 aliphatic heterocycles. The lowest BCUT2D eigenvalue weighted by molar-refractivity contribution is -0.134. The topological polar surface area (TPSA) is 78.9 Å². The summed E-state index contributed by atoms with van der Waals surface area (Å²) in [5.41, 5.74) is 5.23. The van der Waals surface area contributed by atoms with Gasteiger partial charge in [0, 0.05) is 13.1 Å². The van der Waals surface area contributed by atoms with E-state index in [1.807, 2.05) is 0 Å². The Morgan fingerprint density at radius 2 is 2.53 bits per heavy atom. The van der Waals surface area contributed by atoms with Crippen molar-refractivity contribution in [3.8, 4) is 0 Å². The van der Waals surface area contributed by atoms with Crippen LogP contribution in [-0.2, 0) is 4.79 Å². The predicted molar refractivity (Wildman–Crippen MR) is 58.6 cm³/mol. The molecular weight excluding hydrogens is 194 g/mol. The second kappa shape index (κ2) is 5.70. The van der Waals surface area contributed by atoms with Crippen molar-refractivity contribution in [2.24, 2.45) is 10.7 Å². The molecule has 0 aromatic rings. The van der Waals surface area contributed by atoms with E-state index in [4.69, 9.17) is 10.8 Å². The van der Waals surface area contributed by atoms with E-state index in [9.17, 15) is 4.79 Å². The average molecular weight is 213 g/mol. The molecular formula is C10H19N3O2. The van der Waals surface area contributed by atoms with Crippen LogP contribution in [0.15, 0.2) is 4.99 Å². The minimum Gasteiger partial charge on any atom is -0.393 e. The summed E-state index contributed by atoms with van der Waals surface area (Å²) in [6.45, 7) is 3.01. The first-order valence-electron chi connectivity index (χ1n) is 5.32. The molecule has 86 valence electrons. The van der Waals surface area contributed by atoms with Crippen LogP contribution >= 0.6 is 0 Å². The standard InChI is InChI=1S/C10H19N3O2/c1-8(14)5-10(15)13-4-2-3-9(6-13)12-7-11/h7-9,14H,2-6H2,1H3,(H2,11,12). The van der Waals surface area contributed by atoms with Gasteiger partial charge < -0.3 is 15.7 Å². The molecule has 5 heteroatoms. The van der Waals surface area contributed by atoms with Gasteiger partial charge in [-0.1, -0.05) is 0 Å². The lowest BCUT2D eigenvalue weighted by Crippen LogP contribution is -2.42. The minimum atomic E-state index is -0.573. The molecule has 0 aliphatic carbocycles. The summed E-state index contributed by atoms with van der Waals surface area (Å²) in [7, 11) is 0. The van der Waals surface area contributed by atoms with Crippen molar-refractivity contribution in [2.45, 2.75) is 38.3 Å². The zero-order valence-corrected chi connectivity index (χ0v) is 9.09. The van der Waals surface area contributed by atoms with Gasteiger partial charge in [-0.15, -0.1) is 0 Å². The highest BCUT2D eigenvalue weighted by Crippen LogP contribution is 2.14. The van der Waals surface area contributed by atoms with Gasteiger partial charge in [0.2, 0.25) is 5.91 Å². The van der Waals surface area contributed by atoms with E-state index < -0.39 is 6.10 Å². The van der Waals surface area contributed by atoms with Crippen molar-refractivity contribution in [1.29, 1.82) is 0 Å². The molecule has 1 saturated heterocycles. The van der Waals surface area contributed by atoms with Crippen LogP contribution in [0.5, 0.6) is 0 Å². The van der Waals surface area contributed by atoms with Crippen LogP contribution in [0.3, 0.4) is 0 Å². The molecule has 0 spiro atoms. The van der Waals surface area contributed by atoms with Crippen molar-refractivity contribution >= 4 is 12.2 Å². The molecule has 3 N–H and O–H groups in total. The smallest absolute Gasteiger partial charge is 0.225 e. The van der Waals surface area contributed by atoms with E-state index in [0.29, 0.717) is 6.54 Å². The molecule has 0 aromatic heterocycles. The molecule has 2 unspecified atom stereocenters. The normalized spacial score (nSPS) is 24.4. The number of nitrogens with two attached hydrogens (primary N) is 1. The highest BCUT2D eigenvalue weighted by Gasteiger charge is 2.23. The Bertz CT molecular complexity index is 241. The zero-order valence-electron chi connectivity index (χ0n) is 9.09. The summed E-state index contributed by atoms with van der Waals surface area (Å²) in [5, 5.41) is 9.13. The third kappa shape index (κ3) is 3.87. The third-order valence-corrected chi connectivity index (χ3v) is 2.52. The summed E-state index contributed by atoms with van der Waals surface area (Å²) in [4.78, 5) is 17.5. The van der Waals surface area contributed by atoms with Crippen molar-refractivity contribution in [3.63, 3.8) is 0 Å². The quantitative estimate of drug-likeness (QED) is 0.500. The average Bonchev–Trinajstić information content (AvgIpc) is 2.17. The number of rotatable bonds is 3. The first kappa shape index (κ1) is 12.0. The first-order chi connectivity index (χ1) is 7.13. The number of hydrogen-bond acceptors (Lipinski definition) is 3. The van der Waals surface area contributed by atoms with Crippen molar-refractivity contribution in [2.75, 3.05) is 13.1 Å². The second-order valence-electron chi connectivity index (χ2n) is 3.99. The van der Waals surface area contributed by atoms with Crippen LogP contribution in [0.4, 0.5) is 0 Å². The Kier molecular flexibility index (Phi) is 4.55. The Balaban J connectivity index is 2.44. The fourth-order valence-electron chi connectivity index (χ4n) is 1.81. The summed E-state index contributed by atoms with van der Waals surface area (Å²) in [6, 6.07) is 0.127. The molecule has 2 atom stereocenters. The molecule has 1 fully saturated rings. The monoisotopic (exact) mass is 213 g/mol. The van der Waals surface area contributed by atoms with Gasteiger partial charge in [-0.25, -0.2) is 0 Å². The van der Waals surface area contributed by atoms with Gasteiger partial charge in [-0.3, -0.25) is 9.79 Å². The molecule has 0 aromatic carbocycles. The van der Waals surface area contributed by atoms with Crippen LogP contribution in [0.25, 0.3) is 0 Å². The van der Waals surface area contributed by atoms with Gasteiger partial charge in [0.25, 0.3) is 0 Å².